The zero-order valence-electron chi connectivity index (χ0n) is 30.2. The van der Waals surface area contributed by atoms with Gasteiger partial charge >= 0.3 is 12.1 Å². The van der Waals surface area contributed by atoms with E-state index in [4.69, 9.17) is 22.1 Å². The number of nitrogens with zero attached hydrogens (tertiary/aromatic N) is 2. The molecule has 4 aliphatic rings. The molecule has 1 aliphatic heterocycles. The molecule has 1 saturated heterocycles. The highest BCUT2D eigenvalue weighted by molar-refractivity contribution is 6.38. The van der Waals surface area contributed by atoms with E-state index in [9.17, 15) is 24.3 Å². The minimum Gasteiger partial charge on any atom is -0.477 e. The molecular formula is C42H43ClFN5O6. The first-order chi connectivity index (χ1) is 26.6. The summed E-state index contributed by atoms with van der Waals surface area (Å²) in [5.41, 5.74) is 10.3. The number of hydrogen-bond donors (Lipinski definition) is 4. The Balaban J connectivity index is 0.830. The highest BCUT2D eigenvalue weighted by Crippen LogP contribution is 2.46. The fourth-order valence-electron chi connectivity index (χ4n) is 8.68. The fraction of sp³-hybridized carbons (Fsp3) is 0.381. The zero-order valence-corrected chi connectivity index (χ0v) is 30.9. The van der Waals surface area contributed by atoms with E-state index in [0.717, 1.165) is 36.5 Å². The molecule has 11 nitrogen and oxygen atoms in total. The van der Waals surface area contributed by atoms with Crippen LogP contribution < -0.4 is 26.7 Å². The molecule has 8 rings (SSSR count). The van der Waals surface area contributed by atoms with Crippen LogP contribution in [0.3, 0.4) is 0 Å². The number of hydrogen-bond acceptors (Lipinski definition) is 7. The SMILES string of the molecule is N[C@@H](CCCCNC(=O)OCC1c2ccccc2-c2ccccc21)C(=O)NC1C=CCC2CN(c3c(F)cc4c(=O)c(C(=O)O)cn(C5CC5)c4c3Cl)CC21. The van der Waals surface area contributed by atoms with Gasteiger partial charge in [0.15, 0.2) is 0 Å². The van der Waals surface area contributed by atoms with Crippen LogP contribution in [0.2, 0.25) is 5.02 Å². The number of nitrogens with one attached hydrogen (secondary N) is 2. The Labute approximate surface area is 322 Å². The molecule has 1 aromatic heterocycles. The standard InChI is InChI=1S/C42H43ClFN5O6/c43-36-37-29(39(50)31(41(52)53)21-49(37)24-15-16-24)18-33(44)38(36)48-19-23-8-7-14-35(30(23)20-48)47-40(51)34(45)13-5-6-17-46-42(54)55-22-32-27-11-3-1-9-25(27)26-10-2-4-12-28(26)32/h1-4,7,9-12,14,18,21,23-24,30,32,34-35H,5-6,8,13,15-17,19-20,22,45H2,(H,46,54)(H,47,51)(H,52,53)/t23?,30?,34-,35?/m0/s1. The first-order valence-electron chi connectivity index (χ1n) is 19.0. The number of carboxylic acids is 1. The van der Waals surface area contributed by atoms with E-state index in [0.29, 0.717) is 44.4 Å². The van der Waals surface area contributed by atoms with Crippen molar-refractivity contribution in [2.45, 2.75) is 62.6 Å². The van der Waals surface area contributed by atoms with Crippen molar-refractivity contribution in [2.24, 2.45) is 17.6 Å². The Kier molecular flexibility index (Phi) is 10.1. The van der Waals surface area contributed by atoms with E-state index >= 15 is 4.39 Å². The van der Waals surface area contributed by atoms with Crippen molar-refractivity contribution in [2.75, 3.05) is 31.1 Å². The van der Waals surface area contributed by atoms with Crippen molar-refractivity contribution in [3.8, 4) is 11.1 Å². The molecule has 5 N–H and O–H groups in total. The van der Waals surface area contributed by atoms with E-state index in [1.807, 2.05) is 41.3 Å². The van der Waals surface area contributed by atoms with Crippen molar-refractivity contribution in [1.82, 2.24) is 15.2 Å². The van der Waals surface area contributed by atoms with Crippen molar-refractivity contribution in [3.05, 3.63) is 111 Å². The number of rotatable bonds is 12. The van der Waals surface area contributed by atoms with Crippen molar-refractivity contribution in [1.29, 1.82) is 0 Å². The summed E-state index contributed by atoms with van der Waals surface area (Å²) in [6.07, 6.45) is 8.86. The summed E-state index contributed by atoms with van der Waals surface area (Å²) in [5.74, 6) is -2.28. The second-order valence-electron chi connectivity index (χ2n) is 15.1. The van der Waals surface area contributed by atoms with Gasteiger partial charge in [-0.15, -0.1) is 0 Å². The Morgan fingerprint density at radius 3 is 2.44 bits per heavy atom. The number of carbonyl (C=O) groups is 3. The average Bonchev–Trinajstić information content (AvgIpc) is 3.85. The number of nitrogens with two attached hydrogens (primary N) is 1. The molecule has 13 heteroatoms. The van der Waals surface area contributed by atoms with Crippen LogP contribution in [-0.2, 0) is 9.53 Å². The number of carbonyl (C=O) groups excluding carboxylic acids is 2. The van der Waals surface area contributed by atoms with E-state index in [2.05, 4.69) is 34.9 Å². The third-order valence-corrected chi connectivity index (χ3v) is 12.0. The van der Waals surface area contributed by atoms with Gasteiger partial charge in [0.1, 0.15) is 18.0 Å². The van der Waals surface area contributed by atoms with Crippen LogP contribution in [0.25, 0.3) is 22.0 Å². The second-order valence-corrected chi connectivity index (χ2v) is 15.5. The van der Waals surface area contributed by atoms with E-state index in [1.54, 1.807) is 4.57 Å². The molecule has 286 valence electrons. The summed E-state index contributed by atoms with van der Waals surface area (Å²) < 4.78 is 23.2. The molecular weight excluding hydrogens is 725 g/mol. The molecule has 0 bridgehead atoms. The smallest absolute Gasteiger partial charge is 0.407 e. The van der Waals surface area contributed by atoms with Crippen molar-refractivity contribution in [3.63, 3.8) is 0 Å². The lowest BCUT2D eigenvalue weighted by molar-refractivity contribution is -0.123. The second kappa shape index (κ2) is 15.1. The number of ether oxygens (including phenoxy) is 1. The Morgan fingerprint density at radius 2 is 1.75 bits per heavy atom. The molecule has 1 saturated carbocycles. The Bertz CT molecular complexity index is 2230. The number of alkyl carbamates (subject to hydrolysis) is 1. The fourth-order valence-corrected chi connectivity index (χ4v) is 9.09. The lowest BCUT2D eigenvalue weighted by atomic mass is 9.82. The summed E-state index contributed by atoms with van der Waals surface area (Å²) in [6, 6.07) is 16.4. The Morgan fingerprint density at radius 1 is 1.04 bits per heavy atom. The number of allylic oxidation sites excluding steroid dienone is 1. The van der Waals surface area contributed by atoms with Crippen molar-refractivity contribution >= 4 is 46.2 Å². The van der Waals surface area contributed by atoms with Crippen LogP contribution in [0.5, 0.6) is 0 Å². The van der Waals surface area contributed by atoms with Gasteiger partial charge in [0, 0.05) is 43.7 Å². The first-order valence-corrected chi connectivity index (χ1v) is 19.3. The van der Waals surface area contributed by atoms with Gasteiger partial charge in [0.05, 0.1) is 33.7 Å². The number of benzene rings is 3. The van der Waals surface area contributed by atoms with Crippen LogP contribution in [0.15, 0.2) is 77.7 Å². The minimum atomic E-state index is -1.37. The largest absolute Gasteiger partial charge is 0.477 e. The minimum absolute atomic E-state index is 0.0104. The quantitative estimate of drug-likeness (QED) is 0.0959. The third-order valence-electron chi connectivity index (χ3n) is 11.6. The summed E-state index contributed by atoms with van der Waals surface area (Å²) >= 11 is 6.91. The van der Waals surface area contributed by atoms with Gasteiger partial charge in [-0.25, -0.2) is 14.0 Å². The van der Waals surface area contributed by atoms with E-state index in [-0.39, 0.29) is 58.4 Å². The van der Waals surface area contributed by atoms with Gasteiger partial charge in [-0.1, -0.05) is 72.3 Å². The number of pyridine rings is 1. The molecule has 2 heterocycles. The van der Waals surface area contributed by atoms with Gasteiger partial charge in [0.25, 0.3) is 0 Å². The maximum atomic E-state index is 15.8. The molecule has 4 atom stereocenters. The van der Waals surface area contributed by atoms with E-state index in [1.165, 1.54) is 17.3 Å². The highest BCUT2D eigenvalue weighted by atomic mass is 35.5. The predicted molar refractivity (Wildman–Crippen MR) is 208 cm³/mol. The molecule has 0 spiro atoms. The molecule has 2 amide bonds. The molecule has 3 aromatic carbocycles. The number of aromatic carboxylic acids is 1. The van der Waals surface area contributed by atoms with Crippen molar-refractivity contribution < 1.29 is 28.6 Å². The third kappa shape index (κ3) is 7.09. The monoisotopic (exact) mass is 767 g/mol. The number of carboxylic acid groups (broad SMARTS) is 1. The number of amides is 2. The van der Waals surface area contributed by atoms with Crippen LogP contribution >= 0.6 is 11.6 Å². The summed E-state index contributed by atoms with van der Waals surface area (Å²) in [5, 5.41) is 15.6. The van der Waals surface area contributed by atoms with Crippen LogP contribution in [0, 0.1) is 17.7 Å². The summed E-state index contributed by atoms with van der Waals surface area (Å²) in [4.78, 5) is 52.5. The maximum absolute atomic E-state index is 15.8. The predicted octanol–water partition coefficient (Wildman–Crippen LogP) is 6.36. The summed E-state index contributed by atoms with van der Waals surface area (Å²) in [6.45, 7) is 1.54. The number of aromatic nitrogens is 1. The van der Waals surface area contributed by atoms with Crippen LogP contribution in [0.4, 0.5) is 14.9 Å². The molecule has 3 unspecified atom stereocenters. The molecule has 4 aromatic rings. The Hall–Kier alpha value is -5.20. The first kappa shape index (κ1) is 36.8. The average molecular weight is 768 g/mol. The van der Waals surface area contributed by atoms with E-state index < -0.39 is 34.9 Å². The molecule has 0 radical (unpaired) electrons. The van der Waals surface area contributed by atoms with Crippen LogP contribution in [0.1, 0.15) is 72.0 Å². The summed E-state index contributed by atoms with van der Waals surface area (Å²) in [7, 11) is 0. The maximum Gasteiger partial charge on any atom is 0.407 e. The number of fused-ring (bicyclic) bond motifs is 5. The van der Waals surface area contributed by atoms with Gasteiger partial charge in [0.2, 0.25) is 11.3 Å². The van der Waals surface area contributed by atoms with Gasteiger partial charge in [-0.05, 0) is 72.8 Å². The molecule has 3 aliphatic carbocycles. The topological polar surface area (TPSA) is 156 Å². The number of anilines is 1. The van der Waals surface area contributed by atoms with Gasteiger partial charge < -0.3 is 35.7 Å². The van der Waals surface area contributed by atoms with Gasteiger partial charge in [-0.2, -0.15) is 0 Å². The number of unbranched alkanes of at least 4 members (excludes halogenated alkanes) is 1. The zero-order chi connectivity index (χ0) is 38.4. The lowest BCUT2D eigenvalue weighted by Gasteiger charge is -2.30. The number of halogens is 2. The molecule has 55 heavy (non-hydrogen) atoms. The highest BCUT2D eigenvalue weighted by Gasteiger charge is 2.41. The normalized spacial score (nSPS) is 20.5. The lowest BCUT2D eigenvalue weighted by Crippen LogP contribution is -2.49. The van der Waals surface area contributed by atoms with Crippen LogP contribution in [-0.4, -0.2) is 66.0 Å². The van der Waals surface area contributed by atoms with Gasteiger partial charge in [-0.3, -0.25) is 9.59 Å². The molecule has 2 fully saturated rings.